The lowest BCUT2D eigenvalue weighted by Crippen LogP contribution is -2.52. The largest absolute Gasteiger partial charge is 0.474 e. The van der Waals surface area contributed by atoms with Gasteiger partial charge >= 0.3 is 0 Å². The molecule has 3 rings (SSSR count). The second-order valence-corrected chi connectivity index (χ2v) is 16.4. The molecule has 1 saturated heterocycles. The summed E-state index contributed by atoms with van der Waals surface area (Å²) in [5.41, 5.74) is 6.71. The average molecular weight is 367 g/mol. The lowest BCUT2D eigenvalue weighted by atomic mass is 9.47. The SMILES string of the molecule is CC1(C)CC2(CC3(CCC(N)CC3)C2)C(=NCOCC[Si](C)(C)C)O1. The Balaban J connectivity index is 1.58. The molecule has 0 radical (unpaired) electrons. The normalized spacial score (nSPS) is 39.0. The lowest BCUT2D eigenvalue weighted by molar-refractivity contribution is -0.0302. The Morgan fingerprint density at radius 2 is 1.80 bits per heavy atom. The Morgan fingerprint density at radius 1 is 1.16 bits per heavy atom. The first kappa shape index (κ1) is 19.4. The summed E-state index contributed by atoms with van der Waals surface area (Å²) < 4.78 is 12.1. The number of hydrogen-bond donors (Lipinski definition) is 1. The van der Waals surface area contributed by atoms with E-state index in [1.54, 1.807) is 0 Å². The second kappa shape index (κ2) is 6.65. The van der Waals surface area contributed by atoms with Crippen LogP contribution in [0.1, 0.15) is 58.8 Å². The van der Waals surface area contributed by atoms with Crippen LogP contribution in [0.4, 0.5) is 0 Å². The summed E-state index contributed by atoms with van der Waals surface area (Å²) in [6.45, 7) is 12.8. The highest BCUT2D eigenvalue weighted by Gasteiger charge is 2.63. The summed E-state index contributed by atoms with van der Waals surface area (Å²) in [5, 5.41) is 0. The van der Waals surface area contributed by atoms with Gasteiger partial charge in [0, 0.05) is 27.1 Å². The van der Waals surface area contributed by atoms with Crippen LogP contribution in [0.3, 0.4) is 0 Å². The summed E-state index contributed by atoms with van der Waals surface area (Å²) in [4.78, 5) is 4.77. The van der Waals surface area contributed by atoms with Crippen LogP contribution in [0.5, 0.6) is 0 Å². The zero-order valence-electron chi connectivity index (χ0n) is 17.0. The standard InChI is InChI=1S/C20H38N2O2Si/c1-18(2)12-20(13-19(14-20)8-6-16(21)7-9-19)17(24-18)22-15-23-10-11-25(3,4)5/h16H,6-15,21H2,1-5H3. The van der Waals surface area contributed by atoms with Crippen molar-refractivity contribution in [2.24, 2.45) is 21.6 Å². The molecule has 0 bridgehead atoms. The van der Waals surface area contributed by atoms with Gasteiger partial charge < -0.3 is 15.2 Å². The van der Waals surface area contributed by atoms with Gasteiger partial charge in [-0.3, -0.25) is 0 Å². The minimum atomic E-state index is -1.03. The minimum Gasteiger partial charge on any atom is -0.474 e. The van der Waals surface area contributed by atoms with Gasteiger partial charge in [-0.2, -0.15) is 0 Å². The van der Waals surface area contributed by atoms with Crippen LogP contribution in [-0.2, 0) is 9.47 Å². The maximum Gasteiger partial charge on any atom is 0.192 e. The molecule has 1 aliphatic heterocycles. The van der Waals surface area contributed by atoms with Gasteiger partial charge in [0.15, 0.2) is 5.90 Å². The molecule has 144 valence electrons. The Labute approximate surface area is 154 Å². The van der Waals surface area contributed by atoms with Crippen LogP contribution in [-0.4, -0.2) is 39.0 Å². The summed E-state index contributed by atoms with van der Waals surface area (Å²) in [6, 6.07) is 1.62. The quantitative estimate of drug-likeness (QED) is 0.573. The summed E-state index contributed by atoms with van der Waals surface area (Å²) in [7, 11) is -1.03. The molecule has 0 atom stereocenters. The first-order valence-electron chi connectivity index (χ1n) is 10.1. The Kier molecular flexibility index (Phi) is 5.15. The molecule has 2 spiro atoms. The van der Waals surface area contributed by atoms with Crippen molar-refractivity contribution >= 4 is 14.0 Å². The highest BCUT2D eigenvalue weighted by Crippen LogP contribution is 2.66. The summed E-state index contributed by atoms with van der Waals surface area (Å²) in [6.07, 6.45) is 8.53. The number of ether oxygens (including phenoxy) is 2. The fourth-order valence-corrected chi connectivity index (χ4v) is 6.07. The van der Waals surface area contributed by atoms with Crippen LogP contribution in [0.2, 0.25) is 25.7 Å². The van der Waals surface area contributed by atoms with Gasteiger partial charge in [-0.25, -0.2) is 4.99 Å². The number of nitrogens with two attached hydrogens (primary N) is 1. The van der Waals surface area contributed by atoms with Crippen molar-refractivity contribution < 1.29 is 9.47 Å². The van der Waals surface area contributed by atoms with E-state index in [1.807, 2.05) is 0 Å². The Bertz CT molecular complexity index is 508. The van der Waals surface area contributed by atoms with Crippen LogP contribution < -0.4 is 5.73 Å². The van der Waals surface area contributed by atoms with E-state index in [2.05, 4.69) is 33.5 Å². The highest BCUT2D eigenvalue weighted by molar-refractivity contribution is 6.76. The van der Waals surface area contributed by atoms with Gasteiger partial charge in [0.25, 0.3) is 0 Å². The monoisotopic (exact) mass is 366 g/mol. The number of hydrogen-bond acceptors (Lipinski definition) is 4. The van der Waals surface area contributed by atoms with Crippen molar-refractivity contribution in [1.82, 2.24) is 0 Å². The molecule has 0 aromatic rings. The number of nitrogens with zero attached hydrogens (tertiary/aromatic N) is 1. The van der Waals surface area contributed by atoms with Crippen molar-refractivity contribution in [3.63, 3.8) is 0 Å². The van der Waals surface area contributed by atoms with E-state index in [9.17, 15) is 0 Å². The molecule has 3 fully saturated rings. The maximum absolute atomic E-state index is 6.26. The predicted octanol–water partition coefficient (Wildman–Crippen LogP) is 4.56. The fraction of sp³-hybridized carbons (Fsp3) is 0.950. The van der Waals surface area contributed by atoms with Crippen molar-refractivity contribution in [3.8, 4) is 0 Å². The van der Waals surface area contributed by atoms with Crippen LogP contribution in [0.15, 0.2) is 4.99 Å². The maximum atomic E-state index is 6.26. The summed E-state index contributed by atoms with van der Waals surface area (Å²) >= 11 is 0. The van der Waals surface area contributed by atoms with Crippen molar-refractivity contribution in [3.05, 3.63) is 0 Å². The van der Waals surface area contributed by atoms with Crippen LogP contribution >= 0.6 is 0 Å². The third-order valence-electron chi connectivity index (χ3n) is 6.40. The van der Waals surface area contributed by atoms with E-state index in [0.717, 1.165) is 18.9 Å². The summed E-state index contributed by atoms with van der Waals surface area (Å²) in [5.74, 6) is 0.978. The van der Waals surface area contributed by atoms with Gasteiger partial charge in [-0.15, -0.1) is 0 Å². The van der Waals surface area contributed by atoms with Gasteiger partial charge in [0.1, 0.15) is 12.3 Å². The molecule has 25 heavy (non-hydrogen) atoms. The van der Waals surface area contributed by atoms with E-state index in [4.69, 9.17) is 20.2 Å². The first-order chi connectivity index (χ1) is 11.5. The first-order valence-corrected chi connectivity index (χ1v) is 13.8. The smallest absolute Gasteiger partial charge is 0.192 e. The molecule has 0 amide bonds. The van der Waals surface area contributed by atoms with Crippen molar-refractivity contribution in [2.75, 3.05) is 13.3 Å². The van der Waals surface area contributed by atoms with E-state index in [-0.39, 0.29) is 11.0 Å². The molecule has 2 N–H and O–H groups in total. The zero-order valence-corrected chi connectivity index (χ0v) is 18.0. The molecule has 0 unspecified atom stereocenters. The molecule has 0 aromatic heterocycles. The molecule has 2 saturated carbocycles. The fourth-order valence-electron chi connectivity index (χ4n) is 5.31. The third-order valence-corrected chi connectivity index (χ3v) is 8.11. The molecule has 1 heterocycles. The second-order valence-electron chi connectivity index (χ2n) is 10.8. The third kappa shape index (κ3) is 4.48. The van der Waals surface area contributed by atoms with Gasteiger partial charge in [0.2, 0.25) is 0 Å². The van der Waals surface area contributed by atoms with E-state index >= 15 is 0 Å². The molecule has 0 aromatic carbocycles. The number of rotatable bonds is 5. The molecule has 3 aliphatic rings. The molecule has 4 nitrogen and oxygen atoms in total. The van der Waals surface area contributed by atoms with E-state index < -0.39 is 8.07 Å². The van der Waals surface area contributed by atoms with Crippen molar-refractivity contribution in [1.29, 1.82) is 0 Å². The van der Waals surface area contributed by atoms with Gasteiger partial charge in [-0.05, 0) is 63.8 Å². The highest BCUT2D eigenvalue weighted by atomic mass is 28.3. The zero-order chi connectivity index (χ0) is 18.3. The van der Waals surface area contributed by atoms with Crippen LogP contribution in [0.25, 0.3) is 0 Å². The van der Waals surface area contributed by atoms with E-state index in [1.165, 1.54) is 44.6 Å². The molecule has 5 heteroatoms. The Hall–Kier alpha value is -0.393. The molecule has 2 aliphatic carbocycles. The Morgan fingerprint density at radius 3 is 2.40 bits per heavy atom. The lowest BCUT2D eigenvalue weighted by Gasteiger charge is -2.56. The van der Waals surface area contributed by atoms with E-state index in [0.29, 0.717) is 18.2 Å². The van der Waals surface area contributed by atoms with Gasteiger partial charge in [-0.1, -0.05) is 19.6 Å². The average Bonchev–Trinajstić information content (AvgIpc) is 2.71. The molecular formula is C20H38N2O2Si. The topological polar surface area (TPSA) is 56.8 Å². The van der Waals surface area contributed by atoms with Crippen molar-refractivity contribution in [2.45, 2.75) is 96.1 Å². The minimum absolute atomic E-state index is 0.0934. The number of aliphatic imine (C=N–C) groups is 1. The molecular weight excluding hydrogens is 328 g/mol. The predicted molar refractivity (Wildman–Crippen MR) is 107 cm³/mol. The van der Waals surface area contributed by atoms with Crippen LogP contribution in [0, 0.1) is 10.8 Å². The van der Waals surface area contributed by atoms with Gasteiger partial charge in [0.05, 0.1) is 5.41 Å².